The number of aliphatic hydroxyl groups excluding tert-OH is 1. The third-order valence-electron chi connectivity index (χ3n) is 4.74. The van der Waals surface area contributed by atoms with Gasteiger partial charge in [-0.1, -0.05) is 18.2 Å². The predicted molar refractivity (Wildman–Crippen MR) is 101 cm³/mol. The van der Waals surface area contributed by atoms with Crippen molar-refractivity contribution in [3.05, 3.63) is 59.4 Å². The molecule has 0 saturated carbocycles. The van der Waals surface area contributed by atoms with Crippen molar-refractivity contribution in [2.24, 2.45) is 0 Å². The van der Waals surface area contributed by atoms with E-state index in [9.17, 15) is 27.5 Å². The van der Waals surface area contributed by atoms with Crippen molar-refractivity contribution in [3.8, 4) is 0 Å². The average molecular weight is 411 g/mol. The van der Waals surface area contributed by atoms with Crippen LogP contribution in [0, 0.1) is 5.82 Å². The summed E-state index contributed by atoms with van der Waals surface area (Å²) in [5, 5.41) is 14.8. The van der Waals surface area contributed by atoms with Crippen molar-refractivity contribution in [3.63, 3.8) is 0 Å². The van der Waals surface area contributed by atoms with Crippen molar-refractivity contribution < 1.29 is 27.5 Å². The van der Waals surface area contributed by atoms with Gasteiger partial charge in [-0.25, -0.2) is 9.18 Å². The normalized spacial score (nSPS) is 15.3. The summed E-state index contributed by atoms with van der Waals surface area (Å²) < 4.78 is 52.9. The van der Waals surface area contributed by atoms with Crippen molar-refractivity contribution in [2.45, 2.75) is 25.1 Å². The Morgan fingerprint density at radius 3 is 2.48 bits per heavy atom. The molecule has 5 nitrogen and oxygen atoms in total. The lowest BCUT2D eigenvalue weighted by atomic mass is 10.1. The third kappa shape index (κ3) is 5.17. The van der Waals surface area contributed by atoms with Crippen LogP contribution in [0.3, 0.4) is 0 Å². The Hall–Kier alpha value is -2.81. The number of benzene rings is 2. The van der Waals surface area contributed by atoms with E-state index >= 15 is 0 Å². The zero-order valence-corrected chi connectivity index (χ0v) is 15.5. The maximum absolute atomic E-state index is 13.7. The summed E-state index contributed by atoms with van der Waals surface area (Å²) in [6.45, 7) is 1.08. The van der Waals surface area contributed by atoms with E-state index < -0.39 is 29.7 Å². The van der Waals surface area contributed by atoms with Gasteiger partial charge < -0.3 is 20.6 Å². The molecule has 0 spiro atoms. The number of hydrogen-bond acceptors (Lipinski definition) is 3. The highest BCUT2D eigenvalue weighted by molar-refractivity contribution is 5.93. The molecular weight excluding hydrogens is 390 g/mol. The predicted octanol–water partition coefficient (Wildman–Crippen LogP) is 4.30. The second-order valence-corrected chi connectivity index (χ2v) is 6.80. The van der Waals surface area contributed by atoms with Crippen molar-refractivity contribution in [1.82, 2.24) is 5.32 Å². The van der Waals surface area contributed by atoms with Gasteiger partial charge in [0.25, 0.3) is 0 Å². The van der Waals surface area contributed by atoms with Crippen LogP contribution in [-0.2, 0) is 6.18 Å². The lowest BCUT2D eigenvalue weighted by molar-refractivity contribution is -0.137. The van der Waals surface area contributed by atoms with Gasteiger partial charge in [0.05, 0.1) is 23.0 Å². The Bertz CT molecular complexity index is 867. The van der Waals surface area contributed by atoms with Crippen LogP contribution in [0.1, 0.15) is 30.1 Å². The molecule has 1 saturated heterocycles. The van der Waals surface area contributed by atoms with E-state index in [1.54, 1.807) is 6.07 Å². The quantitative estimate of drug-likeness (QED) is 0.643. The second-order valence-electron chi connectivity index (χ2n) is 6.80. The molecule has 1 fully saturated rings. The molecule has 0 bridgehead atoms. The number of amides is 2. The highest BCUT2D eigenvalue weighted by Crippen LogP contribution is 2.36. The lowest BCUT2D eigenvalue weighted by Crippen LogP contribution is -2.33. The van der Waals surface area contributed by atoms with Gasteiger partial charge in [0.15, 0.2) is 0 Å². The summed E-state index contributed by atoms with van der Waals surface area (Å²) in [4.78, 5) is 14.1. The van der Waals surface area contributed by atoms with Gasteiger partial charge in [0.2, 0.25) is 0 Å². The molecule has 1 aliphatic rings. The summed E-state index contributed by atoms with van der Waals surface area (Å²) in [6, 6.07) is 8.02. The standard InChI is InChI=1S/C20H21F4N3O2/c21-15-6-2-1-5-14(15)18(28)12-25-19(29)26-16-11-13(20(22,23)24)7-8-17(16)27-9-3-4-10-27/h1-2,5-8,11,18,28H,3-4,9-10,12H2,(H2,25,26,29). The number of halogens is 4. The SMILES string of the molecule is O=C(NCC(O)c1ccccc1F)Nc1cc(C(F)(F)F)ccc1N1CCCC1. The van der Waals surface area contributed by atoms with Gasteiger partial charge in [-0.05, 0) is 37.1 Å². The van der Waals surface area contributed by atoms with Crippen LogP contribution in [0.25, 0.3) is 0 Å². The van der Waals surface area contributed by atoms with Crippen molar-refractivity contribution >= 4 is 17.4 Å². The van der Waals surface area contributed by atoms with Gasteiger partial charge in [-0.15, -0.1) is 0 Å². The van der Waals surface area contributed by atoms with Crippen LogP contribution in [-0.4, -0.2) is 30.8 Å². The first-order chi connectivity index (χ1) is 13.8. The minimum Gasteiger partial charge on any atom is -0.386 e. The number of carbonyl (C=O) groups is 1. The minimum atomic E-state index is -4.54. The first-order valence-electron chi connectivity index (χ1n) is 9.19. The summed E-state index contributed by atoms with van der Waals surface area (Å²) in [7, 11) is 0. The van der Waals surface area contributed by atoms with E-state index in [4.69, 9.17) is 0 Å². The maximum atomic E-state index is 13.7. The molecule has 1 unspecified atom stereocenters. The zero-order chi connectivity index (χ0) is 21.0. The van der Waals surface area contributed by atoms with E-state index in [2.05, 4.69) is 10.6 Å². The molecule has 9 heteroatoms. The summed E-state index contributed by atoms with van der Waals surface area (Å²) in [5.74, 6) is -0.614. The molecule has 1 atom stereocenters. The zero-order valence-electron chi connectivity index (χ0n) is 15.5. The maximum Gasteiger partial charge on any atom is 0.416 e. The first-order valence-corrected chi connectivity index (χ1v) is 9.19. The van der Waals surface area contributed by atoms with Crippen molar-refractivity contribution in [1.29, 1.82) is 0 Å². The number of nitrogens with zero attached hydrogens (tertiary/aromatic N) is 1. The number of alkyl halides is 3. The molecule has 1 aliphatic heterocycles. The Balaban J connectivity index is 1.72. The van der Waals surface area contributed by atoms with E-state index in [0.717, 1.165) is 25.0 Å². The number of rotatable bonds is 5. The van der Waals surface area contributed by atoms with Crippen LogP contribution in [0.4, 0.5) is 33.7 Å². The fourth-order valence-electron chi connectivity index (χ4n) is 3.26. The molecule has 0 radical (unpaired) electrons. The average Bonchev–Trinajstić information content (AvgIpc) is 3.20. The molecule has 3 N–H and O–H groups in total. The highest BCUT2D eigenvalue weighted by Gasteiger charge is 2.32. The summed E-state index contributed by atoms with van der Waals surface area (Å²) in [5.41, 5.74) is -0.327. The van der Waals surface area contributed by atoms with E-state index in [-0.39, 0.29) is 17.8 Å². The molecule has 2 amide bonds. The molecular formula is C20H21F4N3O2. The van der Waals surface area contributed by atoms with Crippen LogP contribution < -0.4 is 15.5 Å². The van der Waals surface area contributed by atoms with E-state index in [0.29, 0.717) is 18.8 Å². The summed E-state index contributed by atoms with van der Waals surface area (Å²) in [6.07, 6.45) is -4.00. The topological polar surface area (TPSA) is 64.6 Å². The van der Waals surface area contributed by atoms with E-state index in [1.165, 1.54) is 24.3 Å². The Labute approximate surface area is 165 Å². The van der Waals surface area contributed by atoms with Crippen LogP contribution in [0.2, 0.25) is 0 Å². The summed E-state index contributed by atoms with van der Waals surface area (Å²) >= 11 is 0. The molecule has 2 aromatic carbocycles. The van der Waals surface area contributed by atoms with Crippen molar-refractivity contribution in [2.75, 3.05) is 29.9 Å². The Morgan fingerprint density at radius 2 is 1.83 bits per heavy atom. The monoisotopic (exact) mass is 411 g/mol. The highest BCUT2D eigenvalue weighted by atomic mass is 19.4. The molecule has 1 heterocycles. The molecule has 29 heavy (non-hydrogen) atoms. The third-order valence-corrected chi connectivity index (χ3v) is 4.74. The second kappa shape index (κ2) is 8.69. The first kappa shape index (κ1) is 20.9. The molecule has 0 aromatic heterocycles. The number of anilines is 2. The molecule has 156 valence electrons. The number of carbonyl (C=O) groups excluding carboxylic acids is 1. The molecule has 3 rings (SSSR count). The van der Waals surface area contributed by atoms with Gasteiger partial charge in [0.1, 0.15) is 5.82 Å². The molecule has 0 aliphatic carbocycles. The van der Waals surface area contributed by atoms with Gasteiger partial charge in [-0.3, -0.25) is 0 Å². The number of hydrogen-bond donors (Lipinski definition) is 3. The van der Waals surface area contributed by atoms with Gasteiger partial charge in [0, 0.05) is 25.2 Å². The van der Waals surface area contributed by atoms with Gasteiger partial charge >= 0.3 is 12.2 Å². The fraction of sp³-hybridized carbons (Fsp3) is 0.350. The van der Waals surface area contributed by atoms with Crippen LogP contribution in [0.5, 0.6) is 0 Å². The fourth-order valence-corrected chi connectivity index (χ4v) is 3.26. The largest absolute Gasteiger partial charge is 0.416 e. The van der Waals surface area contributed by atoms with Crippen LogP contribution >= 0.6 is 0 Å². The molecule has 2 aromatic rings. The lowest BCUT2D eigenvalue weighted by Gasteiger charge is -2.23. The minimum absolute atomic E-state index is 0.0182. The van der Waals surface area contributed by atoms with E-state index in [1.807, 2.05) is 4.90 Å². The smallest absolute Gasteiger partial charge is 0.386 e. The Morgan fingerprint density at radius 1 is 1.14 bits per heavy atom. The Kier molecular flexibility index (Phi) is 6.26. The number of nitrogens with one attached hydrogen (secondary N) is 2. The number of aliphatic hydroxyl groups is 1. The van der Waals surface area contributed by atoms with Gasteiger partial charge in [-0.2, -0.15) is 13.2 Å². The number of urea groups is 1. The van der Waals surface area contributed by atoms with Crippen LogP contribution in [0.15, 0.2) is 42.5 Å².